The molecule has 3 aromatic carbocycles. The zero-order chi connectivity index (χ0) is 26.2. The quantitative estimate of drug-likeness (QED) is 0.260. The number of fused-ring (bicyclic) bond motifs is 2. The van der Waals surface area contributed by atoms with E-state index in [9.17, 15) is 9.59 Å². The van der Waals surface area contributed by atoms with Crippen LogP contribution in [0.4, 0.5) is 5.13 Å². The Morgan fingerprint density at radius 1 is 0.921 bits per heavy atom. The molecule has 0 saturated carbocycles. The molecule has 1 aliphatic heterocycles. The van der Waals surface area contributed by atoms with Gasteiger partial charge in [-0.15, -0.1) is 10.2 Å². The summed E-state index contributed by atoms with van der Waals surface area (Å²) >= 11 is 1.44. The van der Waals surface area contributed by atoms with Crippen molar-refractivity contribution in [1.29, 1.82) is 0 Å². The van der Waals surface area contributed by atoms with Crippen molar-refractivity contribution >= 4 is 39.2 Å². The van der Waals surface area contributed by atoms with Crippen LogP contribution < -0.4 is 5.32 Å². The first-order chi connectivity index (χ1) is 18.5. The van der Waals surface area contributed by atoms with Gasteiger partial charge in [0.25, 0.3) is 11.8 Å². The number of aromatic nitrogens is 4. The number of nitrogens with zero attached hydrogens (tertiary/aromatic N) is 4. The Labute approximate surface area is 223 Å². The monoisotopic (exact) mass is 522 g/mol. The number of anilines is 1. The average Bonchev–Trinajstić information content (AvgIpc) is 3.63. The van der Waals surface area contributed by atoms with Crippen molar-refractivity contribution in [1.82, 2.24) is 25.3 Å². The van der Waals surface area contributed by atoms with E-state index in [0.29, 0.717) is 28.6 Å². The Kier molecular flexibility index (Phi) is 6.21. The van der Waals surface area contributed by atoms with E-state index in [1.54, 1.807) is 24.3 Å². The number of benzene rings is 3. The van der Waals surface area contributed by atoms with Crippen LogP contribution in [0.25, 0.3) is 21.5 Å². The molecule has 9 heteroatoms. The number of aromatic amines is 1. The molecule has 5 aromatic rings. The molecular formula is C29H26N6O2S. The Morgan fingerprint density at radius 2 is 1.63 bits per heavy atom. The van der Waals surface area contributed by atoms with Crippen molar-refractivity contribution in [3.63, 3.8) is 0 Å². The summed E-state index contributed by atoms with van der Waals surface area (Å²) in [6.07, 6.45) is 0.613. The number of carbonyl (C=O) groups is 2. The molecule has 0 unspecified atom stereocenters. The molecule has 6 rings (SSSR count). The minimum Gasteiger partial charge on any atom is -0.355 e. The zero-order valence-corrected chi connectivity index (χ0v) is 21.8. The van der Waals surface area contributed by atoms with Gasteiger partial charge in [-0.25, -0.2) is 0 Å². The van der Waals surface area contributed by atoms with Crippen molar-refractivity contribution in [3.8, 4) is 10.6 Å². The van der Waals surface area contributed by atoms with E-state index in [1.807, 2.05) is 42.5 Å². The zero-order valence-electron chi connectivity index (χ0n) is 21.0. The van der Waals surface area contributed by atoms with E-state index in [1.165, 1.54) is 16.2 Å². The van der Waals surface area contributed by atoms with Crippen molar-refractivity contribution in [2.45, 2.75) is 32.2 Å². The van der Waals surface area contributed by atoms with Crippen molar-refractivity contribution in [3.05, 3.63) is 95.2 Å². The summed E-state index contributed by atoms with van der Waals surface area (Å²) in [6, 6.07) is 22.8. The molecule has 2 N–H and O–H groups in total. The SMILES string of the molecule is CC(C)c1[nH]nc2ccc(-c3nnc(N[C@@H](Cc4ccccc4)CN4C(=O)c5ccccc5C4=O)s3)cc12. The molecule has 0 fully saturated rings. The van der Waals surface area contributed by atoms with Crippen LogP contribution in [0.15, 0.2) is 72.8 Å². The molecule has 1 atom stereocenters. The fraction of sp³-hybridized carbons (Fsp3) is 0.207. The minimum absolute atomic E-state index is 0.217. The number of carbonyl (C=O) groups excluding carboxylic acids is 2. The van der Waals surface area contributed by atoms with Crippen molar-refractivity contribution in [2.75, 3.05) is 11.9 Å². The van der Waals surface area contributed by atoms with Gasteiger partial charge in [0, 0.05) is 23.2 Å². The highest BCUT2D eigenvalue weighted by Crippen LogP contribution is 2.32. The molecule has 0 radical (unpaired) electrons. The molecule has 3 heterocycles. The van der Waals surface area contributed by atoms with Crippen LogP contribution in [0.2, 0.25) is 0 Å². The second-order valence-electron chi connectivity index (χ2n) is 9.73. The summed E-state index contributed by atoms with van der Waals surface area (Å²) in [5.41, 5.74) is 4.97. The van der Waals surface area contributed by atoms with Crippen LogP contribution >= 0.6 is 11.3 Å². The van der Waals surface area contributed by atoms with Gasteiger partial charge in [-0.2, -0.15) is 5.10 Å². The molecule has 0 bridgehead atoms. The molecule has 2 aromatic heterocycles. The van der Waals surface area contributed by atoms with Gasteiger partial charge < -0.3 is 5.32 Å². The van der Waals surface area contributed by atoms with Gasteiger partial charge in [-0.05, 0) is 48.2 Å². The maximum absolute atomic E-state index is 13.0. The number of amides is 2. The number of hydrogen-bond donors (Lipinski definition) is 2. The smallest absolute Gasteiger partial charge is 0.261 e. The standard InChI is InChI=1S/C29H26N6O2S/c1-17(2)25-23-15-19(12-13-24(23)31-32-25)26-33-34-29(38-26)30-20(14-18-8-4-3-5-9-18)16-35-27(36)21-10-6-7-11-22(21)28(35)37/h3-13,15,17,20H,14,16H2,1-2H3,(H,30,34)(H,31,32)/t20-/m0/s1. The largest absolute Gasteiger partial charge is 0.355 e. The molecule has 190 valence electrons. The Bertz CT molecular complexity index is 1610. The molecule has 0 saturated heterocycles. The lowest BCUT2D eigenvalue weighted by molar-refractivity contribution is 0.0647. The predicted octanol–water partition coefficient (Wildman–Crippen LogP) is 5.52. The first-order valence-electron chi connectivity index (χ1n) is 12.6. The predicted molar refractivity (Wildman–Crippen MR) is 148 cm³/mol. The summed E-state index contributed by atoms with van der Waals surface area (Å²) in [7, 11) is 0. The highest BCUT2D eigenvalue weighted by atomic mass is 32.1. The van der Waals surface area contributed by atoms with Gasteiger partial charge >= 0.3 is 0 Å². The molecule has 8 nitrogen and oxygen atoms in total. The van der Waals surface area contributed by atoms with Gasteiger partial charge in [0.2, 0.25) is 5.13 Å². The normalized spacial score (nSPS) is 13.9. The van der Waals surface area contributed by atoms with Crippen LogP contribution in [0, 0.1) is 0 Å². The molecule has 38 heavy (non-hydrogen) atoms. The van der Waals surface area contributed by atoms with Crippen LogP contribution in [0.5, 0.6) is 0 Å². The Hall–Kier alpha value is -4.37. The molecule has 0 spiro atoms. The average molecular weight is 523 g/mol. The summed E-state index contributed by atoms with van der Waals surface area (Å²) in [5.74, 6) is -0.210. The van der Waals surface area contributed by atoms with Crippen LogP contribution in [0.3, 0.4) is 0 Å². The Morgan fingerprint density at radius 3 is 2.34 bits per heavy atom. The molecular weight excluding hydrogens is 496 g/mol. The molecule has 2 amide bonds. The fourth-order valence-corrected chi connectivity index (χ4v) is 5.68. The van der Waals surface area contributed by atoms with E-state index in [0.717, 1.165) is 32.7 Å². The van der Waals surface area contributed by atoms with Gasteiger partial charge in [0.1, 0.15) is 5.01 Å². The molecule has 0 aliphatic carbocycles. The number of H-pyrrole nitrogens is 1. The van der Waals surface area contributed by atoms with E-state index < -0.39 is 0 Å². The van der Waals surface area contributed by atoms with Gasteiger partial charge in [-0.1, -0.05) is 67.6 Å². The van der Waals surface area contributed by atoms with E-state index >= 15 is 0 Å². The van der Waals surface area contributed by atoms with Crippen LogP contribution in [0.1, 0.15) is 51.7 Å². The first kappa shape index (κ1) is 24.0. The highest BCUT2D eigenvalue weighted by Gasteiger charge is 2.36. The summed E-state index contributed by atoms with van der Waals surface area (Å²) in [4.78, 5) is 27.4. The Balaban J connectivity index is 1.26. The summed E-state index contributed by atoms with van der Waals surface area (Å²) in [5, 5.41) is 22.3. The number of rotatable bonds is 8. The third kappa shape index (κ3) is 4.45. The number of hydrogen-bond acceptors (Lipinski definition) is 7. The van der Waals surface area contributed by atoms with Gasteiger partial charge in [0.15, 0.2) is 0 Å². The fourth-order valence-electron chi connectivity index (χ4n) is 4.86. The van der Waals surface area contributed by atoms with Crippen molar-refractivity contribution in [2.24, 2.45) is 0 Å². The lowest BCUT2D eigenvalue weighted by Gasteiger charge is -2.23. The van der Waals surface area contributed by atoms with Crippen LogP contribution in [-0.4, -0.2) is 49.7 Å². The van der Waals surface area contributed by atoms with E-state index in [2.05, 4.69) is 45.6 Å². The van der Waals surface area contributed by atoms with Gasteiger partial charge in [0.05, 0.1) is 22.7 Å². The minimum atomic E-state index is -0.266. The maximum Gasteiger partial charge on any atom is 0.261 e. The van der Waals surface area contributed by atoms with Crippen molar-refractivity contribution < 1.29 is 9.59 Å². The van der Waals surface area contributed by atoms with E-state index in [-0.39, 0.29) is 24.4 Å². The third-order valence-electron chi connectivity index (χ3n) is 6.77. The first-order valence-corrected chi connectivity index (χ1v) is 13.4. The van der Waals surface area contributed by atoms with Gasteiger partial charge in [-0.3, -0.25) is 19.6 Å². The number of imide groups is 1. The summed E-state index contributed by atoms with van der Waals surface area (Å²) in [6.45, 7) is 4.48. The lowest BCUT2D eigenvalue weighted by Crippen LogP contribution is -2.41. The second-order valence-corrected chi connectivity index (χ2v) is 10.7. The maximum atomic E-state index is 13.0. The summed E-state index contributed by atoms with van der Waals surface area (Å²) < 4.78 is 0. The highest BCUT2D eigenvalue weighted by molar-refractivity contribution is 7.18. The number of nitrogens with one attached hydrogen (secondary N) is 2. The second kappa shape index (κ2) is 9.83. The topological polar surface area (TPSA) is 104 Å². The van der Waals surface area contributed by atoms with E-state index in [4.69, 9.17) is 0 Å². The molecule has 1 aliphatic rings. The lowest BCUT2D eigenvalue weighted by atomic mass is 10.0. The third-order valence-corrected chi connectivity index (χ3v) is 7.67. The van der Waals surface area contributed by atoms with Crippen LogP contribution in [-0.2, 0) is 6.42 Å².